The summed E-state index contributed by atoms with van der Waals surface area (Å²) in [5.74, 6) is -7.97. The number of aliphatic carboxylic acids is 2. The van der Waals surface area contributed by atoms with E-state index in [9.17, 15) is 77.3 Å². The van der Waals surface area contributed by atoms with E-state index in [2.05, 4.69) is 156 Å². The Balaban J connectivity index is 0.000000423. The van der Waals surface area contributed by atoms with Gasteiger partial charge in [0.1, 0.15) is 12.1 Å². The number of aromatic amines is 2. The van der Waals surface area contributed by atoms with Gasteiger partial charge in [-0.1, -0.05) is 0 Å². The van der Waals surface area contributed by atoms with E-state index in [1.165, 1.54) is 36.7 Å². The number of unbranched alkanes of at least 4 members (excludes halogenated alkanes) is 2. The molecule has 0 radical (unpaired) electrons. The highest BCUT2D eigenvalue weighted by Gasteiger charge is 2.43. The van der Waals surface area contributed by atoms with Crippen LogP contribution < -0.4 is 130 Å². The number of nitrogens with one attached hydrogen (secondary N) is 19. The second kappa shape index (κ2) is 69.3. The molecule has 54 nitrogen and oxygen atoms in total. The molecule has 0 bridgehead atoms. The maximum Gasteiger partial charge on any atom is 0.333 e. The number of nitrogens with zero attached hydrogens (tertiary/aromatic N) is 7. The third-order valence-electron chi connectivity index (χ3n) is 22.5. The summed E-state index contributed by atoms with van der Waals surface area (Å²) in [6, 6.07) is 13.2. The van der Waals surface area contributed by atoms with Crippen LogP contribution >= 0.6 is 0 Å². The summed E-state index contributed by atoms with van der Waals surface area (Å²) < 4.78 is 36.6. The first kappa shape index (κ1) is 125. The number of fused-ring (bicyclic) bond motifs is 2. The minimum atomic E-state index is -2.41. The van der Waals surface area contributed by atoms with Crippen LogP contribution in [0.1, 0.15) is 148 Å². The largest absolute Gasteiger partial charge is 0.480 e. The Kier molecular flexibility index (Phi) is 59.1. The predicted molar refractivity (Wildman–Crippen MR) is 553 cm³/mol. The van der Waals surface area contributed by atoms with E-state index < -0.39 is 117 Å². The summed E-state index contributed by atoms with van der Waals surface area (Å²) in [4.78, 5) is 203. The van der Waals surface area contributed by atoms with Gasteiger partial charge in [0.25, 0.3) is 34.7 Å². The lowest BCUT2D eigenvalue weighted by Crippen LogP contribution is -2.51. The Morgan fingerprint density at radius 3 is 1.03 bits per heavy atom. The zero-order valence-corrected chi connectivity index (χ0v) is 88.6. The molecule has 6 unspecified atom stereocenters. The number of imide groups is 1. The van der Waals surface area contributed by atoms with E-state index in [0.29, 0.717) is 80.3 Å². The third-order valence-corrected chi connectivity index (χ3v) is 37.9. The molecule has 9 amide bonds. The zero-order chi connectivity index (χ0) is 107. The minimum Gasteiger partial charge on any atom is -0.480 e. The lowest BCUT2D eigenvalue weighted by Gasteiger charge is -2.35. The zero-order valence-electron chi connectivity index (χ0n) is 84.6. The lowest BCUT2D eigenvalue weighted by atomic mass is 10.1. The maximum atomic E-state index is 12.8. The molecular formula is C88H151N31O23Si4. The van der Waals surface area contributed by atoms with Crippen LogP contribution in [0.5, 0.6) is 0 Å². The van der Waals surface area contributed by atoms with Crippen LogP contribution in [0.15, 0.2) is 70.5 Å². The number of hydrogen-bond acceptors (Lipinski definition) is 42. The Labute approximate surface area is 851 Å². The molecule has 6 aromatic rings. The summed E-state index contributed by atoms with van der Waals surface area (Å²) in [6.07, 6.45) is 7.78. The van der Waals surface area contributed by atoms with Gasteiger partial charge in [0.15, 0.2) is 22.3 Å². The van der Waals surface area contributed by atoms with Crippen molar-refractivity contribution in [2.45, 2.75) is 191 Å². The molecule has 31 N–H and O–H groups in total. The van der Waals surface area contributed by atoms with E-state index >= 15 is 0 Å². The van der Waals surface area contributed by atoms with E-state index in [1.807, 2.05) is 0 Å². The quantitative estimate of drug-likeness (QED) is 0.00837. The second-order valence-corrected chi connectivity index (χ2v) is 48.5. The summed E-state index contributed by atoms with van der Waals surface area (Å²) in [6.45, 7) is 20.6. The average Bonchev–Trinajstić information content (AvgIpc) is 1.31. The minimum absolute atomic E-state index is 0.0104. The molecule has 4 aromatic heterocycles. The van der Waals surface area contributed by atoms with Crippen LogP contribution in [0.25, 0.3) is 22.3 Å². The predicted octanol–water partition coefficient (Wildman–Crippen LogP) is -2.16. The number of hydroxylamine groups is 2. The molecular weight excluding hydrogens is 1970 g/mol. The van der Waals surface area contributed by atoms with Crippen LogP contribution in [0.2, 0.25) is 50.4 Å². The second-order valence-electron chi connectivity index (χ2n) is 34.2. The van der Waals surface area contributed by atoms with Crippen molar-refractivity contribution in [1.29, 1.82) is 0 Å². The van der Waals surface area contributed by atoms with Crippen molar-refractivity contribution >= 4 is 151 Å². The molecule has 1 saturated heterocycles. The number of nitrogen functional groups attached to an aromatic ring is 2. The topological polar surface area (TPSA) is 791 Å². The van der Waals surface area contributed by atoms with Gasteiger partial charge >= 0.3 is 52.2 Å². The fourth-order valence-electron chi connectivity index (χ4n) is 14.0. The first-order valence-corrected chi connectivity index (χ1v) is 58.6. The van der Waals surface area contributed by atoms with Gasteiger partial charge in [-0.3, -0.25) is 68.0 Å². The van der Waals surface area contributed by atoms with Crippen molar-refractivity contribution in [2.24, 2.45) is 17.2 Å². The number of anilines is 4. The summed E-state index contributed by atoms with van der Waals surface area (Å²) in [5.41, 5.74) is 29.0. The van der Waals surface area contributed by atoms with Gasteiger partial charge in [-0.25, -0.2) is 34.3 Å². The molecule has 2 aromatic carbocycles. The van der Waals surface area contributed by atoms with Gasteiger partial charge in [-0.2, -0.15) is 9.97 Å². The van der Waals surface area contributed by atoms with Crippen LogP contribution in [-0.4, -0.2) is 320 Å². The highest BCUT2D eigenvalue weighted by Crippen LogP contribution is 2.28. The van der Waals surface area contributed by atoms with Gasteiger partial charge in [-0.05, 0) is 189 Å². The summed E-state index contributed by atoms with van der Waals surface area (Å²) in [5, 5.41) is 69.6. The molecule has 5 heterocycles. The normalized spacial score (nSPS) is 13.8. The molecule has 6 atom stereocenters. The molecule has 7 rings (SSSR count). The summed E-state index contributed by atoms with van der Waals surface area (Å²) in [7, 11) is -2.26. The van der Waals surface area contributed by atoms with Gasteiger partial charge in [-0.15, -0.1) is 5.06 Å². The monoisotopic (exact) mass is 2120 g/mol. The molecule has 0 aliphatic carbocycles. The smallest absolute Gasteiger partial charge is 0.333 e. The van der Waals surface area contributed by atoms with Crippen molar-refractivity contribution in [3.63, 3.8) is 0 Å². The van der Waals surface area contributed by atoms with Crippen LogP contribution in [-0.2, 0) is 91.8 Å². The van der Waals surface area contributed by atoms with Gasteiger partial charge < -0.3 is 155 Å². The number of carboxylic acid groups (broad SMARTS) is 2. The molecule has 1 aliphatic heterocycles. The van der Waals surface area contributed by atoms with E-state index in [-0.39, 0.29) is 154 Å². The number of carbonyl (C=O) groups is 12. The first-order valence-electron chi connectivity index (χ1n) is 48.5. The number of hydrogen-bond donors (Lipinski definition) is 26. The molecule has 58 heteroatoms. The van der Waals surface area contributed by atoms with E-state index in [1.54, 1.807) is 52.7 Å². The van der Waals surface area contributed by atoms with E-state index in [4.69, 9.17) is 59.4 Å². The fourth-order valence-corrected chi connectivity index (χ4v) is 28.3. The Bertz CT molecular complexity index is 5130. The maximum absolute atomic E-state index is 12.8. The van der Waals surface area contributed by atoms with Crippen molar-refractivity contribution in [1.82, 2.24) is 125 Å². The van der Waals surface area contributed by atoms with Crippen LogP contribution in [0.3, 0.4) is 0 Å². The number of H-pyrrole nitrogens is 2. The number of nitrogens with two attached hydrogens (primary N) is 5. The molecule has 0 saturated carbocycles. The lowest BCUT2D eigenvalue weighted by molar-refractivity contribution is -0.197. The van der Waals surface area contributed by atoms with Crippen molar-refractivity contribution in [2.75, 3.05) is 169 Å². The van der Waals surface area contributed by atoms with Crippen molar-refractivity contribution < 1.29 is 98.5 Å². The molecule has 1 aliphatic rings. The standard InChI is InChI=1S/C42H73N15O10Si2.C30H34N10O10.C16H44N6O3Si2/c1-65-68(3,23-7-17-45-19-21-47-27-43)67-69(4,66-2)24-8-18-46-20-22-48-28-51-34(58)9-5-6-10-35(59)52-29-53-36(60)16-15-33(41(63)64)55-39(61)30-11-13-31(14-12-30)49-25-32-26-50-38-37(54-32)40(62)57-42(44)56-38;31-30-38-26-25(28(47)39-30)36-18(14-33-26)13-32-17-7-5-16(6-8-17)27(46)37-19(29(48)49)9-10-21(42)35-15-34-20(41)3-1-2-4-24(45)50-40-22(43)11-12-23(40)44;1-23-26(3,13-5-7-19-9-11-21-15-17)25-27(4,24-2)14-6-8-20-10-12-22-16-18/h11-14,26,33,45-49H,5-10,15-25,27-29,43H2,1-4H3,(H,51,58)(H,52,59)(H,53,60)(H,55,61)(H,63,64)(H3,44,50,56,57,62);5-8,14,19,32H,1-4,9-13,15H2,(H,34,41)(H,35,42)(H,37,46)(H,48,49)(H3,31,33,38,39,47);19-22H,5-18H2,1-4H3. The Morgan fingerprint density at radius 1 is 0.404 bits per heavy atom. The van der Waals surface area contributed by atoms with Crippen molar-refractivity contribution in [3.05, 3.63) is 104 Å². The third kappa shape index (κ3) is 50.5. The number of carboxylic acids is 2. The van der Waals surface area contributed by atoms with Crippen LogP contribution in [0, 0.1) is 0 Å². The SMILES string of the molecule is CO[Si](C)(CCCNCCNCN)O[Si](C)(CCCNCCNCN)OC.CO[Si](C)(CCCNCCNCN)O[Si](C)(CCCNCCNCNC(=O)CCCCC(=O)NCNC(=O)CCC(NC(=O)c1ccc(NCc2cnc3nc(N)[nH]c(=O)c3n2)cc1)C(=O)O)OC.Nc1nc2ncc(CNc3ccc(C(=O)NC(CCC(=O)NCNC(=O)CCCCC(=O)ON4C(=O)CCC4=O)C(=O)O)cc3)nc2c(=O)[nH]1. The Hall–Kier alpha value is -11.9. The number of carbonyl (C=O) groups excluding carboxylic acids is 10. The molecule has 812 valence electrons. The van der Waals surface area contributed by atoms with Crippen molar-refractivity contribution in [3.8, 4) is 0 Å². The number of aromatic nitrogens is 8. The molecule has 0 spiro atoms. The Morgan fingerprint density at radius 2 is 0.712 bits per heavy atom. The number of benzene rings is 2. The van der Waals surface area contributed by atoms with Gasteiger partial charge in [0.05, 0.1) is 56.9 Å². The number of rotatable bonds is 74. The number of amides is 9. The summed E-state index contributed by atoms with van der Waals surface area (Å²) >= 11 is 0. The van der Waals surface area contributed by atoms with Crippen LogP contribution in [0.4, 0.5) is 23.3 Å². The average molecular weight is 2120 g/mol. The molecule has 146 heavy (non-hydrogen) atoms. The highest BCUT2D eigenvalue weighted by molar-refractivity contribution is 6.80. The van der Waals surface area contributed by atoms with E-state index in [0.717, 1.165) is 122 Å². The van der Waals surface area contributed by atoms with Gasteiger partial charge in [0, 0.05) is 175 Å². The highest BCUT2D eigenvalue weighted by atomic mass is 28.5. The first-order chi connectivity index (χ1) is 69.9. The molecule has 1 fully saturated rings. The van der Waals surface area contributed by atoms with Gasteiger partial charge in [0.2, 0.25) is 41.4 Å². The fraction of sp³-hybridized carbons (Fsp3) is 0.591.